The summed E-state index contributed by atoms with van der Waals surface area (Å²) in [5, 5.41) is 6.87. The van der Waals surface area contributed by atoms with Crippen molar-refractivity contribution in [1.29, 1.82) is 0 Å². The average molecular weight is 310 g/mol. The number of aromatic nitrogens is 2. The van der Waals surface area contributed by atoms with E-state index in [0.717, 1.165) is 5.69 Å². The van der Waals surface area contributed by atoms with Gasteiger partial charge < -0.3 is 19.7 Å². The minimum atomic E-state index is -0.213. The average Bonchev–Trinajstić information content (AvgIpc) is 2.84. The molecule has 1 aliphatic heterocycles. The Morgan fingerprint density at radius 1 is 1.59 bits per heavy atom. The number of ether oxygens (including phenoxy) is 2. The molecular formula is C14H22N4O4. The van der Waals surface area contributed by atoms with Gasteiger partial charge in [0.2, 0.25) is 5.91 Å². The van der Waals surface area contributed by atoms with Gasteiger partial charge in [0.15, 0.2) is 0 Å². The summed E-state index contributed by atoms with van der Waals surface area (Å²) in [6.45, 7) is 3.70. The molecule has 22 heavy (non-hydrogen) atoms. The van der Waals surface area contributed by atoms with E-state index in [0.29, 0.717) is 31.8 Å². The van der Waals surface area contributed by atoms with Crippen LogP contribution < -0.4 is 5.32 Å². The number of amides is 2. The molecule has 2 amide bonds. The number of nitrogens with zero attached hydrogens (tertiary/aromatic N) is 3. The zero-order valence-corrected chi connectivity index (χ0v) is 13.2. The molecular weight excluding hydrogens is 288 g/mol. The summed E-state index contributed by atoms with van der Waals surface area (Å²) in [5.74, 6) is -0.239. The molecule has 1 fully saturated rings. The van der Waals surface area contributed by atoms with Gasteiger partial charge in [-0.05, 0) is 6.92 Å². The number of hydrogen-bond donors (Lipinski definition) is 1. The molecule has 0 bridgehead atoms. The predicted molar refractivity (Wildman–Crippen MR) is 78.5 cm³/mol. The maximum Gasteiger partial charge on any atom is 0.254 e. The summed E-state index contributed by atoms with van der Waals surface area (Å²) >= 11 is 0. The van der Waals surface area contributed by atoms with Crippen LogP contribution in [0.5, 0.6) is 0 Å². The highest BCUT2D eigenvalue weighted by Crippen LogP contribution is 2.08. The number of carbonyl (C=O) groups excluding carboxylic acids is 2. The molecule has 0 aromatic carbocycles. The Kier molecular flexibility index (Phi) is 5.51. The molecule has 1 N–H and O–H groups in total. The second-order valence-electron chi connectivity index (χ2n) is 5.24. The molecule has 8 heteroatoms. The molecule has 1 atom stereocenters. The summed E-state index contributed by atoms with van der Waals surface area (Å²) in [6, 6.07) is 0. The topological polar surface area (TPSA) is 85.7 Å². The SMILES string of the molecule is COCCN1CC(CNC(=O)c2cnn(C)c2C)OCC1=O. The highest BCUT2D eigenvalue weighted by atomic mass is 16.5. The van der Waals surface area contributed by atoms with E-state index in [-0.39, 0.29) is 24.5 Å². The molecule has 122 valence electrons. The highest BCUT2D eigenvalue weighted by Gasteiger charge is 2.26. The van der Waals surface area contributed by atoms with Gasteiger partial charge in [-0.15, -0.1) is 0 Å². The number of aryl methyl sites for hydroxylation is 1. The number of nitrogens with one attached hydrogen (secondary N) is 1. The zero-order chi connectivity index (χ0) is 16.1. The van der Waals surface area contributed by atoms with Crippen molar-refractivity contribution < 1.29 is 19.1 Å². The standard InChI is InChI=1S/C14H22N4O4/c1-10-12(7-16-17(10)2)14(20)15-6-11-8-18(4-5-21-3)13(19)9-22-11/h7,11H,4-6,8-9H2,1-3H3,(H,15,20). The molecule has 0 radical (unpaired) electrons. The van der Waals surface area contributed by atoms with Crippen LogP contribution in [0.15, 0.2) is 6.20 Å². The Bertz CT molecular complexity index is 543. The lowest BCUT2D eigenvalue weighted by Crippen LogP contribution is -2.51. The van der Waals surface area contributed by atoms with Gasteiger partial charge >= 0.3 is 0 Å². The second kappa shape index (κ2) is 7.37. The van der Waals surface area contributed by atoms with Gasteiger partial charge in [0, 0.05) is 39.5 Å². The fourth-order valence-corrected chi connectivity index (χ4v) is 2.25. The van der Waals surface area contributed by atoms with Crippen LogP contribution in [-0.2, 0) is 21.3 Å². The van der Waals surface area contributed by atoms with Crippen LogP contribution in [-0.4, -0.2) is 72.6 Å². The number of hydrogen-bond acceptors (Lipinski definition) is 5. The van der Waals surface area contributed by atoms with Gasteiger partial charge in [-0.2, -0.15) is 5.10 Å². The van der Waals surface area contributed by atoms with Crippen molar-refractivity contribution in [2.45, 2.75) is 13.0 Å². The fourth-order valence-electron chi connectivity index (χ4n) is 2.25. The van der Waals surface area contributed by atoms with Crippen LogP contribution in [0.2, 0.25) is 0 Å². The van der Waals surface area contributed by atoms with Crippen LogP contribution >= 0.6 is 0 Å². The Morgan fingerprint density at radius 3 is 3.00 bits per heavy atom. The third kappa shape index (κ3) is 3.83. The Balaban J connectivity index is 1.85. The molecule has 0 aliphatic carbocycles. The molecule has 0 spiro atoms. The quantitative estimate of drug-likeness (QED) is 0.753. The molecule has 1 aromatic rings. The molecule has 8 nitrogen and oxygen atoms in total. The summed E-state index contributed by atoms with van der Waals surface area (Å²) in [6.07, 6.45) is 1.33. The first-order chi connectivity index (χ1) is 10.5. The van der Waals surface area contributed by atoms with Gasteiger partial charge in [0.1, 0.15) is 6.61 Å². The maximum absolute atomic E-state index is 12.1. The number of methoxy groups -OCH3 is 1. The molecule has 2 heterocycles. The van der Waals surface area contributed by atoms with Gasteiger partial charge in [-0.25, -0.2) is 0 Å². The van der Waals surface area contributed by atoms with Crippen molar-refractivity contribution in [1.82, 2.24) is 20.0 Å². The molecule has 2 rings (SSSR count). The van der Waals surface area contributed by atoms with Crippen LogP contribution in [0.3, 0.4) is 0 Å². The van der Waals surface area contributed by atoms with Crippen molar-refractivity contribution in [2.24, 2.45) is 7.05 Å². The van der Waals surface area contributed by atoms with E-state index in [1.807, 2.05) is 6.92 Å². The van der Waals surface area contributed by atoms with Crippen molar-refractivity contribution in [3.05, 3.63) is 17.5 Å². The lowest BCUT2D eigenvalue weighted by molar-refractivity contribution is -0.149. The number of morpholine rings is 1. The lowest BCUT2D eigenvalue weighted by atomic mass is 10.2. The van der Waals surface area contributed by atoms with E-state index in [4.69, 9.17) is 9.47 Å². The monoisotopic (exact) mass is 310 g/mol. The normalized spacial score (nSPS) is 18.6. The Labute approximate surface area is 129 Å². The predicted octanol–water partition coefficient (Wildman–Crippen LogP) is -0.668. The Hall–Kier alpha value is -1.93. The summed E-state index contributed by atoms with van der Waals surface area (Å²) < 4.78 is 12.1. The molecule has 1 saturated heterocycles. The van der Waals surface area contributed by atoms with Crippen LogP contribution in [0.25, 0.3) is 0 Å². The Morgan fingerprint density at radius 2 is 2.36 bits per heavy atom. The largest absolute Gasteiger partial charge is 0.383 e. The first kappa shape index (κ1) is 16.4. The van der Waals surface area contributed by atoms with Crippen molar-refractivity contribution in [3.63, 3.8) is 0 Å². The van der Waals surface area contributed by atoms with Gasteiger partial charge in [-0.1, -0.05) is 0 Å². The van der Waals surface area contributed by atoms with Crippen LogP contribution in [0.4, 0.5) is 0 Å². The van der Waals surface area contributed by atoms with E-state index < -0.39 is 0 Å². The summed E-state index contributed by atoms with van der Waals surface area (Å²) in [4.78, 5) is 25.5. The minimum absolute atomic E-state index is 0.0379. The fraction of sp³-hybridized carbons (Fsp3) is 0.643. The lowest BCUT2D eigenvalue weighted by Gasteiger charge is -2.32. The van der Waals surface area contributed by atoms with Gasteiger partial charge in [-0.3, -0.25) is 14.3 Å². The van der Waals surface area contributed by atoms with Crippen LogP contribution in [0.1, 0.15) is 16.1 Å². The highest BCUT2D eigenvalue weighted by molar-refractivity contribution is 5.95. The molecule has 1 aliphatic rings. The van der Waals surface area contributed by atoms with Crippen molar-refractivity contribution in [2.75, 3.05) is 40.0 Å². The smallest absolute Gasteiger partial charge is 0.254 e. The molecule has 0 saturated carbocycles. The van der Waals surface area contributed by atoms with E-state index in [1.54, 1.807) is 29.9 Å². The maximum atomic E-state index is 12.1. The number of carbonyl (C=O) groups is 2. The third-order valence-corrected chi connectivity index (χ3v) is 3.75. The van der Waals surface area contributed by atoms with Crippen molar-refractivity contribution >= 4 is 11.8 Å². The van der Waals surface area contributed by atoms with E-state index in [1.165, 1.54) is 0 Å². The first-order valence-electron chi connectivity index (χ1n) is 7.18. The first-order valence-corrected chi connectivity index (χ1v) is 7.18. The van der Waals surface area contributed by atoms with Crippen molar-refractivity contribution in [3.8, 4) is 0 Å². The van der Waals surface area contributed by atoms with Gasteiger partial charge in [0.05, 0.1) is 24.5 Å². The number of rotatable bonds is 6. The molecule has 1 aromatic heterocycles. The van der Waals surface area contributed by atoms with E-state index >= 15 is 0 Å². The van der Waals surface area contributed by atoms with Gasteiger partial charge in [0.25, 0.3) is 5.91 Å². The third-order valence-electron chi connectivity index (χ3n) is 3.75. The minimum Gasteiger partial charge on any atom is -0.383 e. The van der Waals surface area contributed by atoms with E-state index in [9.17, 15) is 9.59 Å². The summed E-state index contributed by atoms with van der Waals surface area (Å²) in [7, 11) is 3.38. The van der Waals surface area contributed by atoms with E-state index in [2.05, 4.69) is 10.4 Å². The molecule has 1 unspecified atom stereocenters. The zero-order valence-electron chi connectivity index (χ0n) is 13.2. The second-order valence-corrected chi connectivity index (χ2v) is 5.24. The summed E-state index contributed by atoms with van der Waals surface area (Å²) in [5.41, 5.74) is 1.35. The van der Waals surface area contributed by atoms with Crippen LogP contribution in [0, 0.1) is 6.92 Å².